The number of carbonyl (C=O) groups excluding carboxylic acids is 1. The summed E-state index contributed by atoms with van der Waals surface area (Å²) in [5, 5.41) is 7.13. The van der Waals surface area contributed by atoms with Gasteiger partial charge in [-0.15, -0.1) is 0 Å². The zero-order valence-electron chi connectivity index (χ0n) is 15.1. The van der Waals surface area contributed by atoms with Crippen LogP contribution < -0.4 is 11.1 Å². The average Bonchev–Trinajstić information content (AvgIpc) is 3.22. The summed E-state index contributed by atoms with van der Waals surface area (Å²) in [6.45, 7) is 1.94. The lowest BCUT2D eigenvalue weighted by atomic mass is 9.94. The number of amides is 1. The number of anilines is 1. The van der Waals surface area contributed by atoms with Crippen molar-refractivity contribution in [2.45, 2.75) is 38.6 Å². The van der Waals surface area contributed by atoms with E-state index in [1.807, 2.05) is 31.2 Å². The van der Waals surface area contributed by atoms with E-state index in [1.54, 1.807) is 11.0 Å². The molecule has 0 bridgehead atoms. The molecule has 27 heavy (non-hydrogen) atoms. The van der Waals surface area contributed by atoms with E-state index < -0.39 is 0 Å². The Labute approximate surface area is 156 Å². The van der Waals surface area contributed by atoms with Crippen LogP contribution in [0.4, 0.5) is 5.95 Å². The van der Waals surface area contributed by atoms with Crippen LogP contribution in [0.1, 0.15) is 53.1 Å². The molecule has 0 fully saturated rings. The number of aryl methyl sites for hydroxylation is 1. The Morgan fingerprint density at radius 3 is 2.70 bits per heavy atom. The first kappa shape index (κ1) is 17.1. The van der Waals surface area contributed by atoms with E-state index in [0.717, 1.165) is 48.2 Å². The maximum Gasteiger partial charge on any atom is 0.270 e. The number of nitrogens with one attached hydrogen (secondary N) is 1. The van der Waals surface area contributed by atoms with Crippen molar-refractivity contribution in [3.8, 4) is 5.69 Å². The predicted molar refractivity (Wildman–Crippen MR) is 100 cm³/mol. The first-order valence-corrected chi connectivity index (χ1v) is 9.03. The van der Waals surface area contributed by atoms with Gasteiger partial charge in [-0.05, 0) is 50.3 Å². The van der Waals surface area contributed by atoms with Gasteiger partial charge in [0.1, 0.15) is 18.3 Å². The van der Waals surface area contributed by atoms with Gasteiger partial charge in [-0.2, -0.15) is 5.10 Å². The Kier molecular flexibility index (Phi) is 4.53. The standard InChI is InChI=1S/C19H21N7O/c1-12(13-6-8-14(9-7-13)26-11-21-10-22-26)23-18(27)17-15-4-2-3-5-16(15)24-19(20)25-17/h6-12H,2-5H2,1H3,(H,23,27)(H2,20,24,25). The van der Waals surface area contributed by atoms with Crippen molar-refractivity contribution >= 4 is 11.9 Å². The number of carbonyl (C=O) groups is 1. The van der Waals surface area contributed by atoms with Crippen LogP contribution in [0.25, 0.3) is 5.69 Å². The third-order valence-electron chi connectivity index (χ3n) is 4.84. The lowest BCUT2D eigenvalue weighted by molar-refractivity contribution is 0.0933. The molecule has 1 aromatic carbocycles. The number of nitrogens with two attached hydrogens (primary N) is 1. The molecule has 138 valence electrons. The molecule has 2 heterocycles. The predicted octanol–water partition coefficient (Wildman–Crippen LogP) is 2.01. The van der Waals surface area contributed by atoms with E-state index in [1.165, 1.54) is 6.33 Å². The van der Waals surface area contributed by atoms with Gasteiger partial charge < -0.3 is 11.1 Å². The van der Waals surface area contributed by atoms with Crippen LogP contribution in [0.2, 0.25) is 0 Å². The minimum absolute atomic E-state index is 0.158. The number of rotatable bonds is 4. The fraction of sp³-hybridized carbons (Fsp3) is 0.316. The largest absolute Gasteiger partial charge is 0.368 e. The molecule has 0 radical (unpaired) electrons. The summed E-state index contributed by atoms with van der Waals surface area (Å²) >= 11 is 0. The van der Waals surface area contributed by atoms with Gasteiger partial charge >= 0.3 is 0 Å². The van der Waals surface area contributed by atoms with E-state index in [9.17, 15) is 4.79 Å². The Morgan fingerprint density at radius 2 is 1.96 bits per heavy atom. The van der Waals surface area contributed by atoms with E-state index in [-0.39, 0.29) is 17.9 Å². The first-order valence-electron chi connectivity index (χ1n) is 9.03. The molecule has 0 spiro atoms. The van der Waals surface area contributed by atoms with Gasteiger partial charge in [0, 0.05) is 11.3 Å². The second-order valence-electron chi connectivity index (χ2n) is 6.69. The van der Waals surface area contributed by atoms with E-state index in [0.29, 0.717) is 5.69 Å². The minimum atomic E-state index is -0.213. The maximum absolute atomic E-state index is 12.8. The van der Waals surface area contributed by atoms with Crippen LogP contribution in [0, 0.1) is 0 Å². The molecule has 2 aromatic heterocycles. The molecule has 3 N–H and O–H groups in total. The smallest absolute Gasteiger partial charge is 0.270 e. The highest BCUT2D eigenvalue weighted by atomic mass is 16.2. The highest BCUT2D eigenvalue weighted by Crippen LogP contribution is 2.23. The van der Waals surface area contributed by atoms with Gasteiger partial charge in [-0.1, -0.05) is 12.1 Å². The van der Waals surface area contributed by atoms with Crippen LogP contribution in [0.15, 0.2) is 36.9 Å². The molecule has 1 aliphatic rings. The second kappa shape index (κ2) is 7.14. The molecule has 1 unspecified atom stereocenters. The molecule has 8 heteroatoms. The molecule has 4 rings (SSSR count). The molecule has 0 saturated heterocycles. The van der Waals surface area contributed by atoms with E-state index in [4.69, 9.17) is 5.73 Å². The van der Waals surface area contributed by atoms with Gasteiger partial charge in [0.2, 0.25) is 5.95 Å². The van der Waals surface area contributed by atoms with Crippen LogP contribution in [-0.4, -0.2) is 30.6 Å². The van der Waals surface area contributed by atoms with Gasteiger partial charge in [0.05, 0.1) is 11.7 Å². The molecule has 3 aromatic rings. The average molecular weight is 363 g/mol. The Balaban J connectivity index is 1.52. The lowest BCUT2D eigenvalue weighted by Gasteiger charge is -2.20. The van der Waals surface area contributed by atoms with Crippen molar-refractivity contribution in [2.24, 2.45) is 0 Å². The molecule has 8 nitrogen and oxygen atoms in total. The van der Waals surface area contributed by atoms with Crippen LogP contribution in [0.3, 0.4) is 0 Å². The van der Waals surface area contributed by atoms with Gasteiger partial charge in [0.15, 0.2) is 0 Å². The molecule has 0 saturated carbocycles. The Bertz CT molecular complexity index is 951. The van der Waals surface area contributed by atoms with Crippen LogP contribution in [0.5, 0.6) is 0 Å². The number of benzene rings is 1. The van der Waals surface area contributed by atoms with Crippen molar-refractivity contribution in [1.29, 1.82) is 0 Å². The Morgan fingerprint density at radius 1 is 1.19 bits per heavy atom. The van der Waals surface area contributed by atoms with E-state index in [2.05, 4.69) is 25.4 Å². The summed E-state index contributed by atoms with van der Waals surface area (Å²) in [4.78, 5) is 25.3. The fourth-order valence-corrected chi connectivity index (χ4v) is 3.41. The topological polar surface area (TPSA) is 112 Å². The zero-order valence-corrected chi connectivity index (χ0v) is 15.1. The molecular weight excluding hydrogens is 342 g/mol. The number of fused-ring (bicyclic) bond motifs is 1. The highest BCUT2D eigenvalue weighted by Gasteiger charge is 2.22. The fourth-order valence-electron chi connectivity index (χ4n) is 3.41. The normalized spacial score (nSPS) is 14.4. The molecular formula is C19H21N7O. The summed E-state index contributed by atoms with van der Waals surface area (Å²) in [6, 6.07) is 7.64. The molecule has 1 atom stereocenters. The van der Waals surface area contributed by atoms with Gasteiger partial charge in [0.25, 0.3) is 5.91 Å². The summed E-state index contributed by atoms with van der Waals surface area (Å²) in [5.41, 5.74) is 9.95. The zero-order chi connectivity index (χ0) is 18.8. The second-order valence-corrected chi connectivity index (χ2v) is 6.69. The monoisotopic (exact) mass is 363 g/mol. The SMILES string of the molecule is CC(NC(=O)c1nc(N)nc2c1CCCC2)c1ccc(-n2cncn2)cc1. The number of aromatic nitrogens is 5. The van der Waals surface area contributed by atoms with Crippen molar-refractivity contribution in [3.05, 3.63) is 59.4 Å². The summed E-state index contributed by atoms with van der Waals surface area (Å²) < 4.78 is 1.68. The number of hydrogen-bond donors (Lipinski definition) is 2. The van der Waals surface area contributed by atoms with Crippen molar-refractivity contribution < 1.29 is 4.79 Å². The number of nitrogens with zero attached hydrogens (tertiary/aromatic N) is 5. The quantitative estimate of drug-likeness (QED) is 0.733. The minimum Gasteiger partial charge on any atom is -0.368 e. The van der Waals surface area contributed by atoms with Crippen molar-refractivity contribution in [3.63, 3.8) is 0 Å². The van der Waals surface area contributed by atoms with Gasteiger partial charge in [-0.3, -0.25) is 4.79 Å². The van der Waals surface area contributed by atoms with Gasteiger partial charge in [-0.25, -0.2) is 19.6 Å². The summed E-state index contributed by atoms with van der Waals surface area (Å²) in [6.07, 6.45) is 6.91. The van der Waals surface area contributed by atoms with Crippen LogP contribution in [-0.2, 0) is 12.8 Å². The first-order chi connectivity index (χ1) is 13.1. The maximum atomic E-state index is 12.8. The number of nitrogen functional groups attached to an aromatic ring is 1. The van der Waals surface area contributed by atoms with Crippen molar-refractivity contribution in [2.75, 3.05) is 5.73 Å². The number of hydrogen-bond acceptors (Lipinski definition) is 6. The molecule has 1 amide bonds. The van der Waals surface area contributed by atoms with Crippen molar-refractivity contribution in [1.82, 2.24) is 30.0 Å². The third-order valence-corrected chi connectivity index (χ3v) is 4.84. The van der Waals surface area contributed by atoms with E-state index >= 15 is 0 Å². The summed E-state index contributed by atoms with van der Waals surface area (Å²) in [7, 11) is 0. The lowest BCUT2D eigenvalue weighted by Crippen LogP contribution is -2.30. The molecule has 1 aliphatic carbocycles. The Hall–Kier alpha value is -3.29. The third kappa shape index (κ3) is 3.51. The van der Waals surface area contributed by atoms with Crippen LogP contribution >= 0.6 is 0 Å². The highest BCUT2D eigenvalue weighted by molar-refractivity contribution is 5.94. The summed E-state index contributed by atoms with van der Waals surface area (Å²) in [5.74, 6) is -0.0549. The molecule has 0 aliphatic heterocycles.